The van der Waals surface area contributed by atoms with E-state index in [1.165, 1.54) is 0 Å². The van der Waals surface area contributed by atoms with Crippen LogP contribution in [0.2, 0.25) is 32.7 Å². The van der Waals surface area contributed by atoms with Crippen molar-refractivity contribution in [2.75, 3.05) is 6.61 Å². The second kappa shape index (κ2) is 5.54. The largest absolute Gasteiger partial charge is 0.479 e. The molecule has 1 saturated heterocycles. The van der Waals surface area contributed by atoms with Crippen molar-refractivity contribution >= 4 is 35.9 Å². The summed E-state index contributed by atoms with van der Waals surface area (Å²) in [5.41, 5.74) is 0. The third-order valence-corrected chi connectivity index (χ3v) is 16.2. The van der Waals surface area contributed by atoms with Gasteiger partial charge in [-0.15, -0.1) is 0 Å². The van der Waals surface area contributed by atoms with Gasteiger partial charge in [0.2, 0.25) is 0 Å². The van der Waals surface area contributed by atoms with E-state index in [0.717, 1.165) is 0 Å². The molecule has 1 aliphatic heterocycles. The van der Waals surface area contributed by atoms with Gasteiger partial charge < -0.3 is 20.9 Å². The minimum atomic E-state index is -2.51. The summed E-state index contributed by atoms with van der Waals surface area (Å²) in [4.78, 5) is 0. The number of rotatable bonds is 2. The van der Waals surface area contributed by atoms with Crippen LogP contribution in [-0.4, -0.2) is 42.5 Å². The summed E-state index contributed by atoms with van der Waals surface area (Å²) in [6, 6.07) is 0. The van der Waals surface area contributed by atoms with Gasteiger partial charge in [-0.3, -0.25) is 0 Å². The van der Waals surface area contributed by atoms with Crippen molar-refractivity contribution in [1.29, 1.82) is 0 Å². The van der Waals surface area contributed by atoms with Crippen molar-refractivity contribution in [2.24, 2.45) is 0 Å². The molecule has 1 aliphatic rings. The van der Waals surface area contributed by atoms with Gasteiger partial charge in [0.15, 0.2) is 0 Å². The van der Waals surface area contributed by atoms with E-state index in [-0.39, 0.29) is 0 Å². The minimum Gasteiger partial charge on any atom is -0.418 e. The molecule has 2 atom stereocenters. The van der Waals surface area contributed by atoms with Crippen LogP contribution in [0.15, 0.2) is 0 Å². The highest BCUT2D eigenvalue weighted by atomic mass is 28.5. The fourth-order valence-electron chi connectivity index (χ4n) is 1.84. The van der Waals surface area contributed by atoms with Gasteiger partial charge in [0.05, 0.1) is 0 Å². The second-order valence-corrected chi connectivity index (χ2v) is 15.2. The fourth-order valence-corrected chi connectivity index (χ4v) is 16.8. The highest BCUT2D eigenvalue weighted by Gasteiger charge is 2.44. The standard InChI is InChI=1S/C7H22O5Si4/c1-7-8-16(6)11-13(2)9-15(4,5)10-14(3)12-16/h13-14H,7H2,1-6H3. The highest BCUT2D eigenvalue weighted by Crippen LogP contribution is 2.21. The van der Waals surface area contributed by atoms with E-state index in [1.54, 1.807) is 0 Å². The first kappa shape index (κ1) is 14.7. The molecule has 0 saturated carbocycles. The maximum atomic E-state index is 5.93. The zero-order chi connectivity index (χ0) is 12.4. The zero-order valence-electron chi connectivity index (χ0n) is 10.9. The lowest BCUT2D eigenvalue weighted by Gasteiger charge is -2.39. The molecular weight excluding hydrogens is 276 g/mol. The van der Waals surface area contributed by atoms with Gasteiger partial charge in [0.1, 0.15) is 0 Å². The first-order chi connectivity index (χ1) is 7.26. The van der Waals surface area contributed by atoms with Crippen LogP contribution >= 0.6 is 0 Å². The highest BCUT2D eigenvalue weighted by molar-refractivity contribution is 6.83. The predicted molar refractivity (Wildman–Crippen MR) is 71.1 cm³/mol. The molecule has 0 aromatic carbocycles. The Hall–Kier alpha value is 0.668. The Morgan fingerprint density at radius 3 is 1.75 bits per heavy atom. The second-order valence-electron chi connectivity index (χ2n) is 4.30. The molecule has 0 radical (unpaired) electrons. The Bertz CT molecular complexity index is 223. The van der Waals surface area contributed by atoms with E-state index < -0.39 is 35.9 Å². The molecule has 0 N–H and O–H groups in total. The molecule has 1 fully saturated rings. The summed E-state index contributed by atoms with van der Waals surface area (Å²) in [5, 5.41) is 0. The van der Waals surface area contributed by atoms with Gasteiger partial charge in [0, 0.05) is 13.2 Å². The lowest BCUT2D eigenvalue weighted by Crippen LogP contribution is -2.58. The van der Waals surface area contributed by atoms with E-state index in [1.807, 2.05) is 39.7 Å². The van der Waals surface area contributed by atoms with Crippen LogP contribution in [0.1, 0.15) is 6.92 Å². The summed E-state index contributed by atoms with van der Waals surface area (Å²) < 4.78 is 29.4. The normalized spacial score (nSPS) is 40.1. The van der Waals surface area contributed by atoms with Gasteiger partial charge >= 0.3 is 35.9 Å². The monoisotopic (exact) mass is 298 g/mol. The van der Waals surface area contributed by atoms with Crippen molar-refractivity contribution in [3.63, 3.8) is 0 Å². The maximum Gasteiger partial charge on any atom is 0.479 e. The fraction of sp³-hybridized carbons (Fsp3) is 1.00. The van der Waals surface area contributed by atoms with E-state index in [9.17, 15) is 0 Å². The molecule has 2 unspecified atom stereocenters. The number of hydrogen-bond donors (Lipinski definition) is 0. The first-order valence-electron chi connectivity index (χ1n) is 5.61. The third-order valence-electron chi connectivity index (χ3n) is 2.07. The Morgan fingerprint density at radius 1 is 0.938 bits per heavy atom. The Labute approximate surface area is 103 Å². The zero-order valence-corrected chi connectivity index (χ0v) is 15.2. The Kier molecular flexibility index (Phi) is 5.10. The predicted octanol–water partition coefficient (Wildman–Crippen LogP) is 1.07. The minimum absolute atomic E-state index is 0.603. The maximum absolute atomic E-state index is 5.93. The van der Waals surface area contributed by atoms with Crippen LogP contribution in [-0.2, 0) is 20.9 Å². The van der Waals surface area contributed by atoms with Gasteiger partial charge in [0.25, 0.3) is 0 Å². The third kappa shape index (κ3) is 4.50. The molecule has 0 aromatic heterocycles. The molecule has 0 aromatic rings. The Balaban J connectivity index is 2.74. The summed E-state index contributed by atoms with van der Waals surface area (Å²) in [6.07, 6.45) is 0. The molecule has 16 heavy (non-hydrogen) atoms. The van der Waals surface area contributed by atoms with Crippen LogP contribution in [0.5, 0.6) is 0 Å². The molecule has 1 rings (SSSR count). The van der Waals surface area contributed by atoms with Crippen LogP contribution in [0.4, 0.5) is 0 Å². The van der Waals surface area contributed by atoms with Crippen molar-refractivity contribution in [3.05, 3.63) is 0 Å². The van der Waals surface area contributed by atoms with Crippen LogP contribution in [0.25, 0.3) is 0 Å². The molecule has 1 heterocycles. The van der Waals surface area contributed by atoms with Gasteiger partial charge in [-0.1, -0.05) is 0 Å². The van der Waals surface area contributed by atoms with E-state index >= 15 is 0 Å². The average molecular weight is 299 g/mol. The van der Waals surface area contributed by atoms with Gasteiger partial charge in [-0.2, -0.15) is 0 Å². The van der Waals surface area contributed by atoms with Crippen molar-refractivity contribution in [1.82, 2.24) is 0 Å². The lowest BCUT2D eigenvalue weighted by molar-refractivity contribution is 0.148. The van der Waals surface area contributed by atoms with Crippen molar-refractivity contribution < 1.29 is 20.9 Å². The summed E-state index contributed by atoms with van der Waals surface area (Å²) >= 11 is 0. The van der Waals surface area contributed by atoms with E-state index in [2.05, 4.69) is 0 Å². The van der Waals surface area contributed by atoms with Gasteiger partial charge in [-0.05, 0) is 33.1 Å². The molecule has 0 aliphatic carbocycles. The van der Waals surface area contributed by atoms with Crippen LogP contribution in [0, 0.1) is 0 Å². The SMILES string of the molecule is CCO[Si]1(C)O[SiH](C)O[Si](C)(C)O[SiH](C)O1. The van der Waals surface area contributed by atoms with Crippen molar-refractivity contribution in [2.45, 2.75) is 39.7 Å². The molecular formula is C7H22O5Si4. The molecule has 96 valence electrons. The topological polar surface area (TPSA) is 46.2 Å². The van der Waals surface area contributed by atoms with Crippen LogP contribution in [0.3, 0.4) is 0 Å². The summed E-state index contributed by atoms with van der Waals surface area (Å²) in [7, 11) is -7.97. The quantitative estimate of drug-likeness (QED) is 0.714. The van der Waals surface area contributed by atoms with Crippen LogP contribution < -0.4 is 0 Å². The molecule has 5 nitrogen and oxygen atoms in total. The molecule has 0 amide bonds. The van der Waals surface area contributed by atoms with Gasteiger partial charge in [-0.25, -0.2) is 0 Å². The van der Waals surface area contributed by atoms with E-state index in [4.69, 9.17) is 20.9 Å². The summed E-state index contributed by atoms with van der Waals surface area (Å²) in [5.74, 6) is 0. The van der Waals surface area contributed by atoms with Crippen molar-refractivity contribution in [3.8, 4) is 0 Å². The molecule has 9 heteroatoms. The summed E-state index contributed by atoms with van der Waals surface area (Å²) in [6.45, 7) is 12.6. The molecule has 0 spiro atoms. The first-order valence-corrected chi connectivity index (χ1v) is 14.9. The lowest BCUT2D eigenvalue weighted by atomic mass is 10.9. The molecule has 0 bridgehead atoms. The number of hydrogen-bond acceptors (Lipinski definition) is 5. The Morgan fingerprint density at radius 2 is 1.38 bits per heavy atom. The average Bonchev–Trinajstić information content (AvgIpc) is 1.96. The smallest absolute Gasteiger partial charge is 0.418 e. The van der Waals surface area contributed by atoms with E-state index in [0.29, 0.717) is 6.61 Å².